The van der Waals surface area contributed by atoms with E-state index in [1.807, 2.05) is 116 Å². The molecule has 9 heteroatoms. The van der Waals surface area contributed by atoms with Gasteiger partial charge in [0.2, 0.25) is 0 Å². The summed E-state index contributed by atoms with van der Waals surface area (Å²) < 4.78 is 19.6. The molecule has 1 atom stereocenters. The first-order valence-corrected chi connectivity index (χ1v) is 16.1. The molecule has 0 aliphatic carbocycles. The molecule has 5 aromatic rings. The van der Waals surface area contributed by atoms with Crippen LogP contribution in [0.2, 0.25) is 5.02 Å². The van der Waals surface area contributed by atoms with Crippen molar-refractivity contribution in [2.75, 3.05) is 13.2 Å². The maximum atomic E-state index is 14.2. The Bertz CT molecular complexity index is 2090. The third-order valence-corrected chi connectivity index (χ3v) is 8.56. The van der Waals surface area contributed by atoms with E-state index < -0.39 is 12.0 Å². The van der Waals surface area contributed by atoms with Crippen molar-refractivity contribution in [3.8, 4) is 11.5 Å². The summed E-state index contributed by atoms with van der Waals surface area (Å²) in [7, 11) is 0. The predicted molar refractivity (Wildman–Crippen MR) is 181 cm³/mol. The maximum absolute atomic E-state index is 14.2. The molecule has 1 aliphatic rings. The Morgan fingerprint density at radius 2 is 1.65 bits per heavy atom. The van der Waals surface area contributed by atoms with Crippen molar-refractivity contribution < 1.29 is 19.0 Å². The largest absolute Gasteiger partial charge is 0.490 e. The van der Waals surface area contributed by atoms with Crippen molar-refractivity contribution in [2.24, 2.45) is 4.99 Å². The van der Waals surface area contributed by atoms with Crippen LogP contribution in [0.25, 0.3) is 11.8 Å². The molecule has 1 aromatic heterocycles. The Labute approximate surface area is 275 Å². The van der Waals surface area contributed by atoms with Crippen LogP contribution >= 0.6 is 22.9 Å². The van der Waals surface area contributed by atoms with Gasteiger partial charge in [0.1, 0.15) is 6.61 Å². The van der Waals surface area contributed by atoms with Gasteiger partial charge < -0.3 is 14.2 Å². The van der Waals surface area contributed by atoms with Crippen molar-refractivity contribution in [3.63, 3.8) is 0 Å². The Balaban J connectivity index is 1.46. The Kier molecular flexibility index (Phi) is 9.47. The van der Waals surface area contributed by atoms with Gasteiger partial charge in [0.15, 0.2) is 16.3 Å². The Morgan fingerprint density at radius 1 is 0.891 bits per heavy atom. The average molecular weight is 651 g/mol. The van der Waals surface area contributed by atoms with Crippen molar-refractivity contribution in [1.82, 2.24) is 4.57 Å². The van der Waals surface area contributed by atoms with E-state index >= 15 is 0 Å². The van der Waals surface area contributed by atoms with Gasteiger partial charge in [-0.1, -0.05) is 102 Å². The molecule has 0 amide bonds. The third kappa shape index (κ3) is 6.54. The first-order valence-electron chi connectivity index (χ1n) is 14.9. The fourth-order valence-corrected chi connectivity index (χ4v) is 6.55. The van der Waals surface area contributed by atoms with E-state index in [1.165, 1.54) is 11.3 Å². The normalized spacial score (nSPS) is 14.4. The van der Waals surface area contributed by atoms with Crippen molar-refractivity contribution in [1.29, 1.82) is 0 Å². The maximum Gasteiger partial charge on any atom is 0.338 e. The highest BCUT2D eigenvalue weighted by atomic mass is 35.5. The SMILES string of the molecule is CCOC(=O)C1=C(c2ccccc2)N=c2s/c(=C\c3ccc(OCc4cccc(Cl)c4)c(OCC)c3)c(=O)n2[C@@H]1c1ccccc1. The molecular formula is C37H31ClN2O5S. The Hall–Kier alpha value is -4.92. The van der Waals surface area contributed by atoms with Gasteiger partial charge in [0.25, 0.3) is 5.56 Å². The molecule has 46 heavy (non-hydrogen) atoms. The van der Waals surface area contributed by atoms with Crippen LogP contribution < -0.4 is 24.4 Å². The number of thiazole rings is 1. The Morgan fingerprint density at radius 3 is 2.37 bits per heavy atom. The zero-order chi connectivity index (χ0) is 32.0. The van der Waals surface area contributed by atoms with Crippen molar-refractivity contribution in [2.45, 2.75) is 26.5 Å². The second-order valence-electron chi connectivity index (χ2n) is 10.4. The number of rotatable bonds is 10. The molecule has 0 bridgehead atoms. The van der Waals surface area contributed by atoms with E-state index in [4.69, 9.17) is 30.8 Å². The number of carbonyl (C=O) groups is 1. The standard InChI is InChI=1S/C37H31ClN2O5S/c1-3-43-30-21-24(18-19-29(30)45-23-25-12-11-17-28(38)20-25)22-31-35(41)40-34(27-15-9-6-10-16-27)32(36(42)44-4-2)33(39-37(40)46-31)26-13-7-5-8-14-26/h5-22,34H,3-4,23H2,1-2H3/b31-22-/t34-/m1/s1. The van der Waals surface area contributed by atoms with Gasteiger partial charge in [-0.05, 0) is 60.9 Å². The van der Waals surface area contributed by atoms with Crippen molar-refractivity contribution >= 4 is 40.7 Å². The molecule has 0 fully saturated rings. The molecule has 1 aliphatic heterocycles. The van der Waals surface area contributed by atoms with Crippen LogP contribution in [-0.4, -0.2) is 23.8 Å². The van der Waals surface area contributed by atoms with Crippen LogP contribution in [0.4, 0.5) is 0 Å². The first-order chi connectivity index (χ1) is 22.5. The molecule has 7 nitrogen and oxygen atoms in total. The summed E-state index contributed by atoms with van der Waals surface area (Å²) in [5.41, 5.74) is 3.78. The van der Waals surface area contributed by atoms with Gasteiger partial charge >= 0.3 is 5.97 Å². The molecule has 2 heterocycles. The predicted octanol–water partition coefficient (Wildman–Crippen LogP) is 6.57. The number of esters is 1. The van der Waals surface area contributed by atoms with E-state index in [0.717, 1.165) is 22.3 Å². The minimum atomic E-state index is -0.727. The fraction of sp³-hybridized carbons (Fsp3) is 0.162. The number of fused-ring (bicyclic) bond motifs is 1. The van der Waals surface area contributed by atoms with Crippen LogP contribution in [0.1, 0.15) is 42.1 Å². The lowest BCUT2D eigenvalue weighted by Crippen LogP contribution is -2.39. The second kappa shape index (κ2) is 14.0. The molecule has 0 saturated heterocycles. The van der Waals surface area contributed by atoms with E-state index in [-0.39, 0.29) is 12.2 Å². The highest BCUT2D eigenvalue weighted by molar-refractivity contribution is 7.07. The molecule has 4 aromatic carbocycles. The zero-order valence-corrected chi connectivity index (χ0v) is 26.9. The van der Waals surface area contributed by atoms with Crippen LogP contribution in [0, 0.1) is 0 Å². The summed E-state index contributed by atoms with van der Waals surface area (Å²) in [4.78, 5) is 33.2. The van der Waals surface area contributed by atoms with Gasteiger partial charge in [0, 0.05) is 10.6 Å². The number of benzene rings is 4. The number of aromatic nitrogens is 1. The minimum absolute atomic E-state index is 0.192. The van der Waals surface area contributed by atoms with E-state index in [9.17, 15) is 9.59 Å². The topological polar surface area (TPSA) is 79.1 Å². The lowest BCUT2D eigenvalue weighted by atomic mass is 9.93. The molecule has 0 unspecified atom stereocenters. The molecule has 0 saturated carbocycles. The van der Waals surface area contributed by atoms with E-state index in [1.54, 1.807) is 11.5 Å². The summed E-state index contributed by atoms with van der Waals surface area (Å²) in [5.74, 6) is 0.628. The van der Waals surface area contributed by atoms with Gasteiger partial charge in [-0.25, -0.2) is 9.79 Å². The number of hydrogen-bond acceptors (Lipinski definition) is 7. The molecule has 0 radical (unpaired) electrons. The van der Waals surface area contributed by atoms with Crippen LogP contribution in [0.15, 0.2) is 118 Å². The lowest BCUT2D eigenvalue weighted by Gasteiger charge is -2.25. The summed E-state index contributed by atoms with van der Waals surface area (Å²) in [6.45, 7) is 4.62. The fourth-order valence-electron chi connectivity index (χ4n) is 5.33. The number of carbonyl (C=O) groups excluding carboxylic acids is 1. The molecule has 0 N–H and O–H groups in total. The molecular weight excluding hydrogens is 620 g/mol. The smallest absolute Gasteiger partial charge is 0.338 e. The lowest BCUT2D eigenvalue weighted by molar-refractivity contribution is -0.138. The van der Waals surface area contributed by atoms with Crippen LogP contribution in [0.5, 0.6) is 11.5 Å². The van der Waals surface area contributed by atoms with Gasteiger partial charge in [-0.3, -0.25) is 9.36 Å². The minimum Gasteiger partial charge on any atom is -0.490 e. The van der Waals surface area contributed by atoms with Crippen LogP contribution in [0.3, 0.4) is 0 Å². The van der Waals surface area contributed by atoms with E-state index in [2.05, 4.69) is 0 Å². The van der Waals surface area contributed by atoms with Crippen molar-refractivity contribution in [3.05, 3.63) is 156 Å². The molecule has 6 rings (SSSR count). The van der Waals surface area contributed by atoms with Gasteiger partial charge in [-0.2, -0.15) is 0 Å². The summed E-state index contributed by atoms with van der Waals surface area (Å²) in [5, 5.41) is 0.641. The third-order valence-electron chi connectivity index (χ3n) is 7.34. The summed E-state index contributed by atoms with van der Waals surface area (Å²) in [6.07, 6.45) is 1.81. The average Bonchev–Trinajstić information content (AvgIpc) is 3.38. The number of hydrogen-bond donors (Lipinski definition) is 0. The monoisotopic (exact) mass is 650 g/mol. The number of halogens is 1. The zero-order valence-electron chi connectivity index (χ0n) is 25.3. The number of nitrogens with zero attached hydrogens (tertiary/aromatic N) is 2. The summed E-state index contributed by atoms with van der Waals surface area (Å²) in [6, 6.07) is 31.3. The van der Waals surface area contributed by atoms with Crippen LogP contribution in [-0.2, 0) is 16.1 Å². The molecule has 0 spiro atoms. The second-order valence-corrected chi connectivity index (χ2v) is 11.8. The summed E-state index contributed by atoms with van der Waals surface area (Å²) >= 11 is 7.40. The van der Waals surface area contributed by atoms with Gasteiger partial charge in [0.05, 0.1) is 35.1 Å². The quantitative estimate of drug-likeness (QED) is 0.160. The highest BCUT2D eigenvalue weighted by Crippen LogP contribution is 2.35. The number of ether oxygens (including phenoxy) is 3. The highest BCUT2D eigenvalue weighted by Gasteiger charge is 2.35. The first kappa shape index (κ1) is 31.1. The van der Waals surface area contributed by atoms with Gasteiger partial charge in [-0.15, -0.1) is 0 Å². The van der Waals surface area contributed by atoms with E-state index in [0.29, 0.717) is 50.3 Å². The molecule has 232 valence electrons.